The molecule has 0 spiro atoms. The Balaban J connectivity index is 1.89. The molecule has 0 radical (unpaired) electrons. The molecule has 3 rings (SSSR count). The Bertz CT molecular complexity index is 694. The maximum absolute atomic E-state index is 12.3. The summed E-state index contributed by atoms with van der Waals surface area (Å²) in [6.45, 7) is 0.394. The summed E-state index contributed by atoms with van der Waals surface area (Å²) in [7, 11) is 0. The molecular formula is C16H17F3N2O3. The van der Waals surface area contributed by atoms with Crippen molar-refractivity contribution < 1.29 is 27.8 Å². The van der Waals surface area contributed by atoms with Crippen LogP contribution in [0.2, 0.25) is 0 Å². The van der Waals surface area contributed by atoms with Crippen LogP contribution in [0, 0.1) is 0 Å². The van der Waals surface area contributed by atoms with Gasteiger partial charge in [0.05, 0.1) is 18.0 Å². The molecule has 0 bridgehead atoms. The lowest BCUT2D eigenvalue weighted by Crippen LogP contribution is -2.21. The highest BCUT2D eigenvalue weighted by molar-refractivity contribution is 5.61. The predicted molar refractivity (Wildman–Crippen MR) is 79.1 cm³/mol. The fraction of sp³-hybridized carbons (Fsp3) is 0.438. The number of alkyl halides is 3. The fourth-order valence-electron chi connectivity index (χ4n) is 2.71. The van der Waals surface area contributed by atoms with Crippen LogP contribution in [0.4, 0.5) is 13.2 Å². The van der Waals surface area contributed by atoms with Crippen LogP contribution in [0.15, 0.2) is 30.3 Å². The number of aromatic nitrogens is 2. The Morgan fingerprint density at radius 2 is 2.12 bits per heavy atom. The van der Waals surface area contributed by atoms with E-state index in [-0.39, 0.29) is 18.6 Å². The van der Waals surface area contributed by atoms with Crippen LogP contribution in [0.5, 0.6) is 5.75 Å². The Morgan fingerprint density at radius 3 is 2.79 bits per heavy atom. The van der Waals surface area contributed by atoms with E-state index < -0.39 is 6.36 Å². The first-order chi connectivity index (χ1) is 11.5. The predicted octanol–water partition coefficient (Wildman–Crippen LogP) is 3.64. The average Bonchev–Trinajstić information content (AvgIpc) is 2.99. The van der Waals surface area contributed by atoms with Crippen molar-refractivity contribution in [2.45, 2.75) is 38.5 Å². The lowest BCUT2D eigenvalue weighted by atomic mass is 10.1. The molecule has 130 valence electrons. The summed E-state index contributed by atoms with van der Waals surface area (Å²) in [5, 5.41) is 13.9. The number of rotatable bonds is 4. The number of hydrogen-bond donors (Lipinski definition) is 1. The summed E-state index contributed by atoms with van der Waals surface area (Å²) >= 11 is 0. The summed E-state index contributed by atoms with van der Waals surface area (Å²) in [4.78, 5) is 0. The molecular weight excluding hydrogens is 325 g/mol. The molecule has 1 N–H and O–H groups in total. The lowest BCUT2D eigenvalue weighted by Gasteiger charge is -2.24. The van der Waals surface area contributed by atoms with Gasteiger partial charge in [-0.1, -0.05) is 12.1 Å². The molecule has 24 heavy (non-hydrogen) atoms. The molecule has 1 aliphatic rings. The Labute approximate surface area is 136 Å². The first-order valence-corrected chi connectivity index (χ1v) is 7.63. The van der Waals surface area contributed by atoms with Crippen molar-refractivity contribution in [2.24, 2.45) is 0 Å². The molecule has 0 saturated carbocycles. The zero-order valence-corrected chi connectivity index (χ0v) is 12.8. The summed E-state index contributed by atoms with van der Waals surface area (Å²) in [6.07, 6.45) is -2.24. The van der Waals surface area contributed by atoms with Crippen molar-refractivity contribution in [1.29, 1.82) is 0 Å². The van der Waals surface area contributed by atoms with Crippen molar-refractivity contribution in [3.63, 3.8) is 0 Å². The SMILES string of the molecule is OCc1cc(-c2cccc(OC(F)(F)F)c2)nn1C1CCCCO1. The van der Waals surface area contributed by atoms with Crippen molar-refractivity contribution >= 4 is 0 Å². The molecule has 1 aromatic carbocycles. The van der Waals surface area contributed by atoms with Gasteiger partial charge in [0.2, 0.25) is 0 Å². The van der Waals surface area contributed by atoms with E-state index in [2.05, 4.69) is 9.84 Å². The van der Waals surface area contributed by atoms with Gasteiger partial charge in [0, 0.05) is 12.2 Å². The van der Waals surface area contributed by atoms with Crippen LogP contribution >= 0.6 is 0 Å². The van der Waals surface area contributed by atoms with Crippen molar-refractivity contribution in [2.75, 3.05) is 6.61 Å². The van der Waals surface area contributed by atoms with E-state index in [1.165, 1.54) is 18.2 Å². The monoisotopic (exact) mass is 342 g/mol. The summed E-state index contributed by atoms with van der Waals surface area (Å²) < 4.78 is 48.2. The minimum absolute atomic E-state index is 0.231. The third-order valence-electron chi connectivity index (χ3n) is 3.77. The third kappa shape index (κ3) is 3.88. The second kappa shape index (κ2) is 6.82. The Morgan fingerprint density at radius 1 is 1.29 bits per heavy atom. The number of aliphatic hydroxyl groups is 1. The number of hydrogen-bond acceptors (Lipinski definition) is 4. The number of aliphatic hydroxyl groups excluding tert-OH is 1. The second-order valence-electron chi connectivity index (χ2n) is 5.52. The third-order valence-corrected chi connectivity index (χ3v) is 3.77. The van der Waals surface area contributed by atoms with E-state index >= 15 is 0 Å². The topological polar surface area (TPSA) is 56.5 Å². The van der Waals surface area contributed by atoms with E-state index in [4.69, 9.17) is 4.74 Å². The molecule has 1 aromatic heterocycles. The first kappa shape index (κ1) is 16.8. The first-order valence-electron chi connectivity index (χ1n) is 7.63. The van der Waals surface area contributed by atoms with Crippen LogP contribution in [-0.2, 0) is 11.3 Å². The Kier molecular flexibility index (Phi) is 4.77. The largest absolute Gasteiger partial charge is 0.573 e. The van der Waals surface area contributed by atoms with Gasteiger partial charge in [-0.15, -0.1) is 13.2 Å². The zero-order valence-electron chi connectivity index (χ0n) is 12.8. The Hall–Kier alpha value is -2.06. The highest BCUT2D eigenvalue weighted by Gasteiger charge is 2.31. The molecule has 8 heteroatoms. The number of ether oxygens (including phenoxy) is 2. The number of halogens is 3. The summed E-state index contributed by atoms with van der Waals surface area (Å²) in [6, 6.07) is 7.24. The van der Waals surface area contributed by atoms with Crippen LogP contribution in [0.25, 0.3) is 11.3 Å². The average molecular weight is 342 g/mol. The van der Waals surface area contributed by atoms with Gasteiger partial charge in [0.15, 0.2) is 6.23 Å². The van der Waals surface area contributed by atoms with Crippen LogP contribution < -0.4 is 4.74 Å². The van der Waals surface area contributed by atoms with Gasteiger partial charge >= 0.3 is 6.36 Å². The minimum atomic E-state index is -4.75. The molecule has 1 aliphatic heterocycles. The van der Waals surface area contributed by atoms with Crippen LogP contribution in [0.3, 0.4) is 0 Å². The van der Waals surface area contributed by atoms with Gasteiger partial charge in [-0.05, 0) is 37.5 Å². The molecule has 1 unspecified atom stereocenters. The number of benzene rings is 1. The smallest absolute Gasteiger partial charge is 0.406 e. The molecule has 0 amide bonds. The van der Waals surface area contributed by atoms with Gasteiger partial charge in [0.1, 0.15) is 5.75 Å². The molecule has 2 heterocycles. The maximum atomic E-state index is 12.3. The van der Waals surface area contributed by atoms with Gasteiger partial charge in [-0.3, -0.25) is 0 Å². The van der Waals surface area contributed by atoms with E-state index in [0.717, 1.165) is 19.3 Å². The summed E-state index contributed by atoms with van der Waals surface area (Å²) in [5.74, 6) is -0.311. The lowest BCUT2D eigenvalue weighted by molar-refractivity contribution is -0.274. The van der Waals surface area contributed by atoms with Crippen molar-refractivity contribution in [3.05, 3.63) is 36.0 Å². The highest BCUT2D eigenvalue weighted by Crippen LogP contribution is 2.30. The molecule has 1 fully saturated rings. The number of nitrogens with zero attached hydrogens (tertiary/aromatic N) is 2. The van der Waals surface area contributed by atoms with Gasteiger partial charge in [-0.25, -0.2) is 4.68 Å². The van der Waals surface area contributed by atoms with Crippen molar-refractivity contribution in [1.82, 2.24) is 9.78 Å². The molecule has 0 aliphatic carbocycles. The van der Waals surface area contributed by atoms with Gasteiger partial charge in [0.25, 0.3) is 0 Å². The van der Waals surface area contributed by atoms with Crippen LogP contribution in [-0.4, -0.2) is 27.9 Å². The van der Waals surface area contributed by atoms with Crippen LogP contribution in [0.1, 0.15) is 31.2 Å². The van der Waals surface area contributed by atoms with E-state index in [0.29, 0.717) is 23.6 Å². The molecule has 1 saturated heterocycles. The maximum Gasteiger partial charge on any atom is 0.573 e. The molecule has 2 aromatic rings. The van der Waals surface area contributed by atoms with E-state index in [9.17, 15) is 18.3 Å². The summed E-state index contributed by atoms with van der Waals surface area (Å²) in [5.41, 5.74) is 1.49. The minimum Gasteiger partial charge on any atom is -0.406 e. The zero-order chi connectivity index (χ0) is 17.2. The fourth-order valence-corrected chi connectivity index (χ4v) is 2.71. The molecule has 1 atom stereocenters. The van der Waals surface area contributed by atoms with Gasteiger partial charge in [-0.2, -0.15) is 5.10 Å². The van der Waals surface area contributed by atoms with Crippen molar-refractivity contribution in [3.8, 4) is 17.0 Å². The van der Waals surface area contributed by atoms with E-state index in [1.807, 2.05) is 0 Å². The normalized spacial score (nSPS) is 18.6. The highest BCUT2D eigenvalue weighted by atomic mass is 19.4. The van der Waals surface area contributed by atoms with E-state index in [1.54, 1.807) is 16.8 Å². The molecule has 5 nitrogen and oxygen atoms in total. The standard InChI is InChI=1S/C16H17F3N2O3/c17-16(18,19)24-13-5-3-4-11(8-13)14-9-12(10-22)21(20-14)15-6-1-2-7-23-15/h3-5,8-9,15,22H,1-2,6-7,10H2. The van der Waals surface area contributed by atoms with Gasteiger partial charge < -0.3 is 14.6 Å². The second-order valence-corrected chi connectivity index (χ2v) is 5.52. The quantitative estimate of drug-likeness (QED) is 0.922.